The second-order valence-corrected chi connectivity index (χ2v) is 7.54. The number of hydrogen-bond acceptors (Lipinski definition) is 3. The highest BCUT2D eigenvalue weighted by Crippen LogP contribution is 2.29. The van der Waals surface area contributed by atoms with Crippen molar-refractivity contribution in [3.05, 3.63) is 51.3 Å². The summed E-state index contributed by atoms with van der Waals surface area (Å²) < 4.78 is 36.6. The fraction of sp³-hybridized carbons (Fsp3) is 0.389. The number of aromatic nitrogens is 2. The van der Waals surface area contributed by atoms with E-state index in [0.717, 1.165) is 0 Å². The molecule has 2 aromatic rings. The summed E-state index contributed by atoms with van der Waals surface area (Å²) in [6, 6.07) is 6.15. The van der Waals surface area contributed by atoms with Gasteiger partial charge >= 0.3 is 6.18 Å². The lowest BCUT2D eigenvalue weighted by molar-refractivity contribution is -0.123. The number of carbonyl (C=O) groups is 2. The third kappa shape index (κ3) is 5.42. The summed E-state index contributed by atoms with van der Waals surface area (Å²) in [5, 5.41) is 9.02. The number of nitrogens with one attached hydrogen (secondary N) is 2. The minimum atomic E-state index is -4.48. The Labute approximate surface area is 174 Å². The molecule has 156 valence electrons. The van der Waals surface area contributed by atoms with Crippen molar-refractivity contribution in [3.63, 3.8) is 0 Å². The van der Waals surface area contributed by atoms with E-state index in [-0.39, 0.29) is 22.5 Å². The van der Waals surface area contributed by atoms with Crippen LogP contribution in [-0.4, -0.2) is 52.7 Å². The summed E-state index contributed by atoms with van der Waals surface area (Å²) in [4.78, 5) is 26.1. The number of aromatic amines is 1. The monoisotopic (exact) mass is 448 g/mol. The Kier molecular flexibility index (Phi) is 6.38. The van der Waals surface area contributed by atoms with E-state index < -0.39 is 18.6 Å². The van der Waals surface area contributed by atoms with Crippen LogP contribution in [0.2, 0.25) is 10.0 Å². The van der Waals surface area contributed by atoms with E-state index in [0.29, 0.717) is 42.2 Å². The molecular weight excluding hydrogens is 432 g/mol. The van der Waals surface area contributed by atoms with E-state index >= 15 is 0 Å². The summed E-state index contributed by atoms with van der Waals surface area (Å²) in [6.45, 7) is -0.476. The van der Waals surface area contributed by atoms with Crippen molar-refractivity contribution in [1.29, 1.82) is 0 Å². The number of amides is 2. The Morgan fingerprint density at radius 3 is 2.52 bits per heavy atom. The average molecular weight is 449 g/mol. The second-order valence-electron chi connectivity index (χ2n) is 6.70. The van der Waals surface area contributed by atoms with Gasteiger partial charge in [0.2, 0.25) is 0 Å². The Bertz CT molecular complexity index is 909. The quantitative estimate of drug-likeness (QED) is 0.740. The van der Waals surface area contributed by atoms with E-state index in [9.17, 15) is 22.8 Å². The number of rotatable bonds is 4. The molecule has 11 heteroatoms. The van der Waals surface area contributed by atoms with Gasteiger partial charge in [-0.2, -0.15) is 18.3 Å². The number of carbonyl (C=O) groups excluding carboxylic acids is 2. The smallest absolute Gasteiger partial charge is 0.342 e. The molecule has 2 N–H and O–H groups in total. The molecule has 0 unspecified atom stereocenters. The first kappa shape index (κ1) is 21.4. The first-order valence-electron chi connectivity index (χ1n) is 8.78. The van der Waals surface area contributed by atoms with Gasteiger partial charge in [-0.15, -0.1) is 0 Å². The van der Waals surface area contributed by atoms with E-state index in [1.165, 1.54) is 12.1 Å². The normalized spacial score (nSPS) is 15.4. The Morgan fingerprint density at radius 2 is 1.90 bits per heavy atom. The highest BCUT2D eigenvalue weighted by atomic mass is 35.5. The van der Waals surface area contributed by atoms with E-state index in [2.05, 4.69) is 10.2 Å². The minimum absolute atomic E-state index is 0.0106. The van der Waals surface area contributed by atoms with Crippen molar-refractivity contribution in [2.45, 2.75) is 24.9 Å². The van der Waals surface area contributed by atoms with E-state index in [4.69, 9.17) is 23.2 Å². The first-order chi connectivity index (χ1) is 13.6. The molecule has 2 amide bonds. The van der Waals surface area contributed by atoms with Gasteiger partial charge in [-0.25, -0.2) is 0 Å². The van der Waals surface area contributed by atoms with Crippen molar-refractivity contribution in [2.75, 3.05) is 19.6 Å². The predicted molar refractivity (Wildman–Crippen MR) is 101 cm³/mol. The van der Waals surface area contributed by atoms with Gasteiger partial charge in [0.1, 0.15) is 12.2 Å². The van der Waals surface area contributed by atoms with Crippen molar-refractivity contribution < 1.29 is 22.8 Å². The van der Waals surface area contributed by atoms with Crippen LogP contribution >= 0.6 is 23.2 Å². The van der Waals surface area contributed by atoms with Crippen molar-refractivity contribution in [1.82, 2.24) is 20.4 Å². The highest BCUT2D eigenvalue weighted by molar-refractivity contribution is 6.36. The van der Waals surface area contributed by atoms with Gasteiger partial charge in [0.05, 0.1) is 10.6 Å². The number of likely N-dealkylation sites (tertiary alicyclic amines) is 1. The summed E-state index contributed by atoms with van der Waals surface area (Å²) in [7, 11) is 0. The third-order valence-corrected chi connectivity index (χ3v) is 5.21. The number of halogens is 5. The molecule has 0 saturated carbocycles. The summed E-state index contributed by atoms with van der Waals surface area (Å²) >= 11 is 12.0. The molecule has 1 aromatic heterocycles. The molecule has 29 heavy (non-hydrogen) atoms. The fourth-order valence-electron chi connectivity index (χ4n) is 3.16. The van der Waals surface area contributed by atoms with Crippen LogP contribution in [0.5, 0.6) is 0 Å². The Balaban J connectivity index is 1.58. The number of nitrogens with zero attached hydrogens (tertiary/aromatic N) is 2. The molecule has 1 fully saturated rings. The van der Waals surface area contributed by atoms with Crippen LogP contribution in [0.25, 0.3) is 0 Å². The number of benzene rings is 1. The van der Waals surface area contributed by atoms with Crippen molar-refractivity contribution in [3.8, 4) is 0 Å². The molecule has 1 aromatic carbocycles. The molecule has 0 spiro atoms. The van der Waals surface area contributed by atoms with Crippen LogP contribution in [0, 0.1) is 0 Å². The maximum atomic E-state index is 12.7. The SMILES string of the molecule is O=C(NCC(F)(F)F)c1cc(C2CCN(C(=O)c3ccc(Cl)cc3Cl)CC2)[nH]n1. The number of H-pyrrole nitrogens is 1. The Morgan fingerprint density at radius 1 is 1.21 bits per heavy atom. The topological polar surface area (TPSA) is 78.1 Å². The summed E-state index contributed by atoms with van der Waals surface area (Å²) in [5.74, 6) is -1.08. The number of piperidine rings is 1. The molecule has 1 saturated heterocycles. The van der Waals surface area contributed by atoms with Gasteiger partial charge in [0.25, 0.3) is 11.8 Å². The zero-order valence-corrected chi connectivity index (χ0v) is 16.5. The molecule has 0 bridgehead atoms. The second kappa shape index (κ2) is 8.62. The zero-order valence-electron chi connectivity index (χ0n) is 15.0. The third-order valence-electron chi connectivity index (χ3n) is 4.66. The van der Waals surface area contributed by atoms with Crippen molar-refractivity contribution >= 4 is 35.0 Å². The highest BCUT2D eigenvalue weighted by Gasteiger charge is 2.30. The van der Waals surface area contributed by atoms with Crippen molar-refractivity contribution in [2.24, 2.45) is 0 Å². The average Bonchev–Trinajstić information content (AvgIpc) is 3.15. The number of alkyl halides is 3. The molecule has 2 heterocycles. The van der Waals surface area contributed by atoms with Crippen LogP contribution < -0.4 is 5.32 Å². The molecule has 6 nitrogen and oxygen atoms in total. The van der Waals surface area contributed by atoms with E-state index in [1.54, 1.807) is 22.3 Å². The van der Waals surface area contributed by atoms with Gasteiger partial charge in [0.15, 0.2) is 0 Å². The van der Waals surface area contributed by atoms with Crippen LogP contribution in [0.15, 0.2) is 24.3 Å². The minimum Gasteiger partial charge on any atom is -0.342 e. The van der Waals surface area contributed by atoms with Gasteiger partial charge < -0.3 is 10.2 Å². The van der Waals surface area contributed by atoms with Crippen LogP contribution in [0.4, 0.5) is 13.2 Å². The predicted octanol–water partition coefficient (Wildman–Crippen LogP) is 4.03. The summed E-state index contributed by atoms with van der Waals surface area (Å²) in [5.41, 5.74) is 0.925. The van der Waals surface area contributed by atoms with Crippen LogP contribution in [-0.2, 0) is 0 Å². The lowest BCUT2D eigenvalue weighted by Crippen LogP contribution is -2.38. The largest absolute Gasteiger partial charge is 0.405 e. The van der Waals surface area contributed by atoms with Crippen LogP contribution in [0.3, 0.4) is 0 Å². The molecule has 1 aliphatic heterocycles. The molecule has 0 aliphatic carbocycles. The Hall–Kier alpha value is -2.26. The maximum absolute atomic E-state index is 12.7. The standard InChI is InChI=1S/C18H17Cl2F3N4O2/c19-11-1-2-12(13(20)7-11)17(29)27-5-3-10(4-6-27)14-8-15(26-25-14)16(28)24-9-18(21,22)23/h1-2,7-8,10H,3-6,9H2,(H,24,28)(H,25,26). The first-order valence-corrected chi connectivity index (χ1v) is 9.54. The van der Waals surface area contributed by atoms with Gasteiger partial charge in [-0.1, -0.05) is 23.2 Å². The fourth-order valence-corrected chi connectivity index (χ4v) is 3.65. The lowest BCUT2D eigenvalue weighted by Gasteiger charge is -2.31. The zero-order chi connectivity index (χ0) is 21.2. The molecule has 3 rings (SSSR count). The molecule has 0 radical (unpaired) electrons. The molecular formula is C18H17Cl2F3N4O2. The van der Waals surface area contributed by atoms with Gasteiger partial charge in [0, 0.05) is 29.7 Å². The van der Waals surface area contributed by atoms with Gasteiger partial charge in [-0.3, -0.25) is 14.7 Å². The lowest BCUT2D eigenvalue weighted by atomic mass is 9.93. The maximum Gasteiger partial charge on any atom is 0.405 e. The summed E-state index contributed by atoms with van der Waals surface area (Å²) in [6.07, 6.45) is -3.26. The number of hydrogen-bond donors (Lipinski definition) is 2. The molecule has 0 atom stereocenters. The van der Waals surface area contributed by atoms with Crippen LogP contribution in [0.1, 0.15) is 45.3 Å². The molecule has 1 aliphatic rings. The van der Waals surface area contributed by atoms with E-state index in [1.807, 2.05) is 0 Å². The van der Waals surface area contributed by atoms with Gasteiger partial charge in [-0.05, 0) is 37.1 Å².